The second-order valence-electron chi connectivity index (χ2n) is 9.66. The van der Waals surface area contributed by atoms with Crippen LogP contribution in [0.3, 0.4) is 0 Å². The van der Waals surface area contributed by atoms with E-state index in [-0.39, 0.29) is 0 Å². The summed E-state index contributed by atoms with van der Waals surface area (Å²) in [6.45, 7) is 2.30. The van der Waals surface area contributed by atoms with Crippen molar-refractivity contribution < 1.29 is 0 Å². The molecule has 178 valence electrons. The zero-order valence-electron chi connectivity index (χ0n) is 21.0. The van der Waals surface area contributed by atoms with Crippen molar-refractivity contribution in [3.05, 3.63) is 11.9 Å². The second-order valence-corrected chi connectivity index (χ2v) is 9.96. The first-order valence-electron chi connectivity index (χ1n) is 14.2. The Labute approximate surface area is 195 Å². The minimum atomic E-state index is 1.21. The molecule has 0 aromatic rings. The van der Waals surface area contributed by atoms with Crippen LogP contribution < -0.4 is 0 Å². The van der Waals surface area contributed by atoms with Crippen molar-refractivity contribution in [2.75, 3.05) is 0 Å². The molecule has 0 aliphatic carbocycles. The Kier molecular flexibility index (Phi) is 29.3. The van der Waals surface area contributed by atoms with Gasteiger partial charge in [0.2, 0.25) is 0 Å². The Morgan fingerprint density at radius 1 is 0.367 bits per heavy atom. The maximum absolute atomic E-state index is 4.10. The van der Waals surface area contributed by atoms with Crippen molar-refractivity contribution >= 4 is 9.24 Å². The van der Waals surface area contributed by atoms with Crippen LogP contribution in [-0.2, 0) is 0 Å². The van der Waals surface area contributed by atoms with Gasteiger partial charge in [-0.3, -0.25) is 0 Å². The summed E-state index contributed by atoms with van der Waals surface area (Å²) in [5.74, 6) is 1.87. The SMILES string of the molecule is CCCCCCCCCCCCCCCCCCCCCCCCCCC/C=C/[P]. The predicted molar refractivity (Wildman–Crippen MR) is 142 cm³/mol. The number of unbranched alkanes of at least 4 members (excludes halogenated alkanes) is 25. The lowest BCUT2D eigenvalue weighted by Gasteiger charge is -2.04. The molecule has 30 heavy (non-hydrogen) atoms. The summed E-state index contributed by atoms with van der Waals surface area (Å²) in [7, 11) is 4.10. The fourth-order valence-corrected chi connectivity index (χ4v) is 4.62. The fourth-order valence-electron chi connectivity index (χ4n) is 4.48. The Morgan fingerprint density at radius 2 is 0.600 bits per heavy atom. The van der Waals surface area contributed by atoms with E-state index in [2.05, 4.69) is 22.2 Å². The number of rotatable bonds is 26. The summed E-state index contributed by atoms with van der Waals surface area (Å²) >= 11 is 0. The molecule has 0 aromatic carbocycles. The standard InChI is InChI=1S/C29H57P/c1-2-3-4-5-6-7-8-9-10-11-12-13-14-15-16-17-18-19-20-21-22-23-24-25-26-27-28-29-30/h28-29H,2-27H2,1H3/b29-28+. The Hall–Kier alpha value is 0.170. The van der Waals surface area contributed by atoms with Crippen LogP contribution in [0, 0.1) is 0 Å². The summed E-state index contributed by atoms with van der Waals surface area (Å²) in [4.78, 5) is 0. The molecule has 0 saturated heterocycles. The number of hydrogen-bond acceptors (Lipinski definition) is 0. The minimum absolute atomic E-state index is 1.21. The lowest BCUT2D eigenvalue weighted by atomic mass is 10.0. The summed E-state index contributed by atoms with van der Waals surface area (Å²) in [5, 5.41) is 0. The van der Waals surface area contributed by atoms with Gasteiger partial charge in [0.1, 0.15) is 0 Å². The highest BCUT2D eigenvalue weighted by Gasteiger charge is 1.96. The maximum Gasteiger partial charge on any atom is -0.0146 e. The van der Waals surface area contributed by atoms with Crippen molar-refractivity contribution in [3.63, 3.8) is 0 Å². The Bertz CT molecular complexity index is 309. The van der Waals surface area contributed by atoms with Gasteiger partial charge in [0.05, 0.1) is 0 Å². The fraction of sp³-hybridized carbons (Fsp3) is 0.931. The molecule has 0 atom stereocenters. The van der Waals surface area contributed by atoms with Gasteiger partial charge in [-0.25, -0.2) is 0 Å². The Morgan fingerprint density at radius 3 is 0.833 bits per heavy atom. The van der Waals surface area contributed by atoms with Gasteiger partial charge in [0.25, 0.3) is 0 Å². The zero-order valence-corrected chi connectivity index (χ0v) is 21.9. The summed E-state index contributed by atoms with van der Waals surface area (Å²) in [6.07, 6.45) is 39.9. The topological polar surface area (TPSA) is 0 Å². The van der Waals surface area contributed by atoms with Crippen LogP contribution in [0.2, 0.25) is 0 Å². The maximum atomic E-state index is 4.10. The monoisotopic (exact) mass is 436 g/mol. The molecule has 0 aliphatic heterocycles. The van der Waals surface area contributed by atoms with Gasteiger partial charge in [-0.15, -0.1) is 0 Å². The van der Waals surface area contributed by atoms with Crippen LogP contribution in [0.4, 0.5) is 0 Å². The molecule has 0 amide bonds. The van der Waals surface area contributed by atoms with E-state index in [1.807, 2.05) is 5.82 Å². The van der Waals surface area contributed by atoms with E-state index in [0.717, 1.165) is 0 Å². The average Bonchev–Trinajstić information content (AvgIpc) is 2.76. The van der Waals surface area contributed by atoms with Gasteiger partial charge in [0, 0.05) is 0 Å². The summed E-state index contributed by atoms with van der Waals surface area (Å²) in [5.41, 5.74) is 0. The van der Waals surface area contributed by atoms with E-state index in [1.54, 1.807) is 0 Å². The van der Waals surface area contributed by atoms with Gasteiger partial charge < -0.3 is 0 Å². The number of allylic oxidation sites excluding steroid dienone is 1. The molecule has 0 fully saturated rings. The molecule has 0 aromatic heterocycles. The van der Waals surface area contributed by atoms with Crippen molar-refractivity contribution in [1.29, 1.82) is 0 Å². The zero-order chi connectivity index (χ0) is 21.8. The smallest absolute Gasteiger partial charge is 0.0146 e. The molecule has 0 saturated carbocycles. The van der Waals surface area contributed by atoms with Crippen LogP contribution >= 0.6 is 9.24 Å². The van der Waals surface area contributed by atoms with Gasteiger partial charge in [0.15, 0.2) is 0 Å². The Balaban J connectivity index is 2.99. The molecule has 0 aliphatic rings. The molecule has 0 rings (SSSR count). The van der Waals surface area contributed by atoms with Crippen LogP contribution in [0.5, 0.6) is 0 Å². The van der Waals surface area contributed by atoms with Crippen LogP contribution in [-0.4, -0.2) is 0 Å². The number of hydrogen-bond donors (Lipinski definition) is 0. The summed E-state index contributed by atoms with van der Waals surface area (Å²) in [6, 6.07) is 0. The van der Waals surface area contributed by atoms with E-state index < -0.39 is 0 Å². The van der Waals surface area contributed by atoms with E-state index in [4.69, 9.17) is 0 Å². The molecule has 0 heterocycles. The largest absolute Gasteiger partial charge is 0.0834 e. The lowest BCUT2D eigenvalue weighted by molar-refractivity contribution is 0.516. The van der Waals surface area contributed by atoms with Crippen LogP contribution in [0.1, 0.15) is 174 Å². The van der Waals surface area contributed by atoms with Crippen molar-refractivity contribution in [2.24, 2.45) is 0 Å². The first-order chi connectivity index (χ1) is 14.9. The first-order valence-corrected chi connectivity index (χ1v) is 14.7. The van der Waals surface area contributed by atoms with Crippen molar-refractivity contribution in [3.8, 4) is 0 Å². The van der Waals surface area contributed by atoms with Crippen LogP contribution in [0.15, 0.2) is 11.9 Å². The third-order valence-electron chi connectivity index (χ3n) is 6.58. The molecule has 1 heteroatoms. The van der Waals surface area contributed by atoms with Gasteiger partial charge in [-0.2, -0.15) is 0 Å². The highest BCUT2D eigenvalue weighted by molar-refractivity contribution is 7.20. The molecule has 2 radical (unpaired) electrons. The lowest BCUT2D eigenvalue weighted by Crippen LogP contribution is -1.84. The molecular formula is C29H57P. The highest BCUT2D eigenvalue weighted by atomic mass is 31.0. The minimum Gasteiger partial charge on any atom is -0.0834 e. The normalized spacial score (nSPS) is 11.7. The highest BCUT2D eigenvalue weighted by Crippen LogP contribution is 2.16. The van der Waals surface area contributed by atoms with E-state index in [1.165, 1.54) is 167 Å². The second kappa shape index (κ2) is 29.2. The summed E-state index contributed by atoms with van der Waals surface area (Å²) < 4.78 is 0. The predicted octanol–water partition coefficient (Wildman–Crippen LogP) is 12.1. The first kappa shape index (κ1) is 30.2. The van der Waals surface area contributed by atoms with Crippen LogP contribution in [0.25, 0.3) is 0 Å². The van der Waals surface area contributed by atoms with Crippen molar-refractivity contribution in [1.82, 2.24) is 0 Å². The third-order valence-corrected chi connectivity index (χ3v) is 6.79. The molecule has 0 nitrogen and oxygen atoms in total. The van der Waals surface area contributed by atoms with Gasteiger partial charge >= 0.3 is 0 Å². The third kappa shape index (κ3) is 28.2. The molecule has 0 unspecified atom stereocenters. The van der Waals surface area contributed by atoms with E-state index in [0.29, 0.717) is 0 Å². The molecule has 0 spiro atoms. The molecule has 0 N–H and O–H groups in total. The van der Waals surface area contributed by atoms with E-state index >= 15 is 0 Å². The van der Waals surface area contributed by atoms with E-state index in [9.17, 15) is 0 Å². The molecular weight excluding hydrogens is 379 g/mol. The van der Waals surface area contributed by atoms with Gasteiger partial charge in [-0.1, -0.05) is 173 Å². The van der Waals surface area contributed by atoms with Gasteiger partial charge in [-0.05, 0) is 22.1 Å². The quantitative estimate of drug-likeness (QED) is 0.0933. The molecule has 0 bridgehead atoms. The van der Waals surface area contributed by atoms with Crippen molar-refractivity contribution in [2.45, 2.75) is 174 Å². The average molecular weight is 437 g/mol.